The van der Waals surface area contributed by atoms with Crippen LogP contribution in [0.25, 0.3) is 0 Å². The number of isocyanates is 2. The molecule has 78 valence electrons. The number of aliphatic imine (C=N–C) groups is 2. The molecule has 0 aromatic carbocycles. The summed E-state index contributed by atoms with van der Waals surface area (Å²) in [4.78, 5) is 26.4. The van der Waals surface area contributed by atoms with E-state index in [0.29, 0.717) is 25.9 Å². The van der Waals surface area contributed by atoms with Gasteiger partial charge in [-0.05, 0) is 12.1 Å². The maximum Gasteiger partial charge on any atom is 0.234 e. The van der Waals surface area contributed by atoms with Crippen molar-refractivity contribution in [2.75, 3.05) is 13.1 Å². The summed E-state index contributed by atoms with van der Waals surface area (Å²) in [7, 11) is 0. The third kappa shape index (κ3) is 4.18. The second kappa shape index (κ2) is 6.49. The summed E-state index contributed by atoms with van der Waals surface area (Å²) in [6.07, 6.45) is 4.08. The molecule has 0 atom stereocenters. The van der Waals surface area contributed by atoms with Crippen LogP contribution >= 0.6 is 0 Å². The molecular formula is C10H10N2O3. The van der Waals surface area contributed by atoms with Crippen LogP contribution in [0.4, 0.5) is 0 Å². The Bertz CT molecular complexity index is 362. The maximum atomic E-state index is 9.80. The van der Waals surface area contributed by atoms with E-state index >= 15 is 0 Å². The fourth-order valence-corrected chi connectivity index (χ4v) is 1.11. The molecular weight excluding hydrogens is 196 g/mol. The molecule has 0 aliphatic carbocycles. The van der Waals surface area contributed by atoms with E-state index in [-0.39, 0.29) is 0 Å². The molecule has 0 spiro atoms. The molecule has 0 saturated heterocycles. The van der Waals surface area contributed by atoms with E-state index in [9.17, 15) is 9.59 Å². The Morgan fingerprint density at radius 3 is 1.87 bits per heavy atom. The Hall–Kier alpha value is -1.96. The third-order valence-electron chi connectivity index (χ3n) is 1.79. The highest BCUT2D eigenvalue weighted by Crippen LogP contribution is 2.09. The predicted molar refractivity (Wildman–Crippen MR) is 52.1 cm³/mol. The summed E-state index contributed by atoms with van der Waals surface area (Å²) in [5.41, 5.74) is 0. The van der Waals surface area contributed by atoms with Gasteiger partial charge in [0.1, 0.15) is 11.5 Å². The molecule has 0 aliphatic heterocycles. The predicted octanol–water partition coefficient (Wildman–Crippen LogP) is 1.04. The van der Waals surface area contributed by atoms with E-state index in [1.807, 2.05) is 12.1 Å². The van der Waals surface area contributed by atoms with Crippen molar-refractivity contribution in [3.05, 3.63) is 23.7 Å². The van der Waals surface area contributed by atoms with Gasteiger partial charge in [-0.15, -0.1) is 0 Å². The molecule has 0 saturated carbocycles. The van der Waals surface area contributed by atoms with Gasteiger partial charge in [0.2, 0.25) is 12.2 Å². The molecule has 0 fully saturated rings. The number of carbonyl (C=O) groups excluding carboxylic acids is 2. The minimum atomic E-state index is 0.378. The molecule has 5 nitrogen and oxygen atoms in total. The lowest BCUT2D eigenvalue weighted by atomic mass is 10.3. The fraction of sp³-hybridized carbons (Fsp3) is 0.400. The first-order valence-electron chi connectivity index (χ1n) is 4.51. The molecule has 1 rings (SSSR count). The molecule has 0 N–H and O–H groups in total. The SMILES string of the molecule is O=C=NCCc1ccc(CCN=C=O)o1. The molecule has 0 amide bonds. The second-order valence-corrected chi connectivity index (χ2v) is 2.81. The van der Waals surface area contributed by atoms with Gasteiger partial charge >= 0.3 is 0 Å². The molecule has 15 heavy (non-hydrogen) atoms. The quantitative estimate of drug-likeness (QED) is 0.515. The van der Waals surface area contributed by atoms with E-state index in [4.69, 9.17) is 4.42 Å². The number of hydrogen-bond acceptors (Lipinski definition) is 5. The van der Waals surface area contributed by atoms with Crippen molar-refractivity contribution in [2.24, 2.45) is 9.98 Å². The van der Waals surface area contributed by atoms with E-state index in [1.54, 1.807) is 0 Å². The number of nitrogens with zero attached hydrogens (tertiary/aromatic N) is 2. The first-order valence-corrected chi connectivity index (χ1v) is 4.51. The Morgan fingerprint density at radius 2 is 1.47 bits per heavy atom. The summed E-state index contributed by atoms with van der Waals surface area (Å²) < 4.78 is 5.40. The van der Waals surface area contributed by atoms with Gasteiger partial charge < -0.3 is 4.42 Å². The first kappa shape index (κ1) is 11.1. The average Bonchev–Trinajstić information content (AvgIpc) is 2.67. The van der Waals surface area contributed by atoms with Crippen molar-refractivity contribution in [2.45, 2.75) is 12.8 Å². The molecule has 0 unspecified atom stereocenters. The van der Waals surface area contributed by atoms with Crippen LogP contribution in [0.2, 0.25) is 0 Å². The van der Waals surface area contributed by atoms with Crippen LogP contribution in [0.15, 0.2) is 26.5 Å². The highest BCUT2D eigenvalue weighted by molar-refractivity contribution is 5.33. The Morgan fingerprint density at radius 1 is 1.00 bits per heavy atom. The largest absolute Gasteiger partial charge is 0.466 e. The molecule has 1 aromatic rings. The van der Waals surface area contributed by atoms with Gasteiger partial charge in [-0.25, -0.2) is 19.6 Å². The van der Waals surface area contributed by atoms with Crippen LogP contribution in [0, 0.1) is 0 Å². The minimum Gasteiger partial charge on any atom is -0.466 e. The molecule has 1 aromatic heterocycles. The number of rotatable bonds is 6. The lowest BCUT2D eigenvalue weighted by molar-refractivity contribution is 0.466. The number of furan rings is 1. The summed E-state index contributed by atoms with van der Waals surface area (Å²) in [6, 6.07) is 3.64. The highest BCUT2D eigenvalue weighted by atomic mass is 16.3. The van der Waals surface area contributed by atoms with Gasteiger partial charge in [-0.1, -0.05) is 0 Å². The Balaban J connectivity index is 2.41. The van der Waals surface area contributed by atoms with Crippen LogP contribution in [-0.4, -0.2) is 25.2 Å². The van der Waals surface area contributed by atoms with Crippen LogP contribution in [0.1, 0.15) is 11.5 Å². The van der Waals surface area contributed by atoms with Gasteiger partial charge in [0.25, 0.3) is 0 Å². The van der Waals surface area contributed by atoms with E-state index in [0.717, 1.165) is 11.5 Å². The van der Waals surface area contributed by atoms with Crippen LogP contribution in [-0.2, 0) is 22.4 Å². The van der Waals surface area contributed by atoms with Crippen LogP contribution in [0.3, 0.4) is 0 Å². The second-order valence-electron chi connectivity index (χ2n) is 2.81. The van der Waals surface area contributed by atoms with E-state index in [2.05, 4.69) is 9.98 Å². The third-order valence-corrected chi connectivity index (χ3v) is 1.79. The van der Waals surface area contributed by atoms with Crippen molar-refractivity contribution in [3.63, 3.8) is 0 Å². The topological polar surface area (TPSA) is 72.0 Å². The smallest absolute Gasteiger partial charge is 0.234 e. The van der Waals surface area contributed by atoms with Crippen molar-refractivity contribution in [3.8, 4) is 0 Å². The summed E-state index contributed by atoms with van der Waals surface area (Å²) in [6.45, 7) is 0.756. The highest BCUT2D eigenvalue weighted by Gasteiger charge is 2.00. The van der Waals surface area contributed by atoms with Gasteiger partial charge in [0.05, 0.1) is 13.1 Å². The fourth-order valence-electron chi connectivity index (χ4n) is 1.11. The molecule has 5 heteroatoms. The van der Waals surface area contributed by atoms with Crippen molar-refractivity contribution >= 4 is 12.2 Å². The average molecular weight is 206 g/mol. The Kier molecular flexibility index (Phi) is 4.81. The molecule has 0 radical (unpaired) electrons. The lowest BCUT2D eigenvalue weighted by Gasteiger charge is -1.92. The zero-order valence-electron chi connectivity index (χ0n) is 8.10. The molecule has 0 bridgehead atoms. The zero-order chi connectivity index (χ0) is 10.9. The van der Waals surface area contributed by atoms with Crippen molar-refractivity contribution < 1.29 is 14.0 Å². The minimum absolute atomic E-state index is 0.378. The summed E-state index contributed by atoms with van der Waals surface area (Å²) >= 11 is 0. The van der Waals surface area contributed by atoms with Gasteiger partial charge in [-0.2, -0.15) is 0 Å². The molecule has 0 aliphatic rings. The monoisotopic (exact) mass is 206 g/mol. The first-order chi connectivity index (χ1) is 7.36. The van der Waals surface area contributed by atoms with E-state index in [1.165, 1.54) is 12.2 Å². The maximum absolute atomic E-state index is 9.80. The summed E-state index contributed by atoms with van der Waals surface area (Å²) in [5, 5.41) is 0. The number of hydrogen-bond donors (Lipinski definition) is 0. The van der Waals surface area contributed by atoms with Gasteiger partial charge in [0.15, 0.2) is 0 Å². The van der Waals surface area contributed by atoms with E-state index < -0.39 is 0 Å². The van der Waals surface area contributed by atoms with Gasteiger partial charge in [0, 0.05) is 12.8 Å². The Labute approximate surface area is 86.5 Å². The van der Waals surface area contributed by atoms with Crippen molar-refractivity contribution in [1.29, 1.82) is 0 Å². The lowest BCUT2D eigenvalue weighted by Crippen LogP contribution is -1.87. The summed E-state index contributed by atoms with van der Waals surface area (Å²) in [5.74, 6) is 1.53. The molecule has 1 heterocycles. The van der Waals surface area contributed by atoms with Crippen LogP contribution in [0.5, 0.6) is 0 Å². The van der Waals surface area contributed by atoms with Gasteiger partial charge in [-0.3, -0.25) is 0 Å². The normalized spacial score (nSPS) is 9.07. The van der Waals surface area contributed by atoms with Crippen LogP contribution < -0.4 is 0 Å². The zero-order valence-corrected chi connectivity index (χ0v) is 8.10. The standard InChI is InChI=1S/C10H10N2O3/c13-7-11-5-3-9-1-2-10(15-9)4-6-12-8-14/h1-2H,3-6H2. The van der Waals surface area contributed by atoms with Crippen molar-refractivity contribution in [1.82, 2.24) is 0 Å².